The summed E-state index contributed by atoms with van der Waals surface area (Å²) < 4.78 is 0. The molecule has 0 bridgehead atoms. The Bertz CT molecular complexity index is 408. The van der Waals surface area contributed by atoms with Gasteiger partial charge in [-0.2, -0.15) is 0 Å². The molecule has 0 heterocycles. The highest BCUT2D eigenvalue weighted by Gasteiger charge is 2.44. The zero-order valence-electron chi connectivity index (χ0n) is 8.52. The second-order valence-corrected chi connectivity index (χ2v) is 5.24. The van der Waals surface area contributed by atoms with E-state index in [0.29, 0.717) is 16.5 Å². The molecular weight excluding hydrogens is 231 g/mol. The van der Waals surface area contributed by atoms with Crippen LogP contribution >= 0.6 is 23.2 Å². The lowest BCUT2D eigenvalue weighted by atomic mass is 9.97. The van der Waals surface area contributed by atoms with Crippen molar-refractivity contribution in [2.75, 3.05) is 0 Å². The van der Waals surface area contributed by atoms with Crippen LogP contribution in [0.5, 0.6) is 0 Å². The topological polar surface area (TPSA) is 17.1 Å². The molecule has 0 spiro atoms. The second kappa shape index (κ2) is 3.80. The van der Waals surface area contributed by atoms with Gasteiger partial charge in [0.15, 0.2) is 0 Å². The minimum atomic E-state index is -0.0916. The summed E-state index contributed by atoms with van der Waals surface area (Å²) in [6, 6.07) is 5.24. The Balaban J connectivity index is 2.16. The van der Waals surface area contributed by atoms with E-state index in [1.807, 2.05) is 6.92 Å². The summed E-state index contributed by atoms with van der Waals surface area (Å²) in [7, 11) is 0. The molecule has 1 aliphatic carbocycles. The molecular formula is C12H12Cl2O. The van der Waals surface area contributed by atoms with E-state index in [1.165, 1.54) is 0 Å². The van der Waals surface area contributed by atoms with Crippen LogP contribution in [0.2, 0.25) is 10.0 Å². The van der Waals surface area contributed by atoms with Gasteiger partial charge in [0.1, 0.15) is 5.78 Å². The van der Waals surface area contributed by atoms with Gasteiger partial charge in [0.2, 0.25) is 0 Å². The summed E-state index contributed by atoms with van der Waals surface area (Å²) in [4.78, 5) is 11.9. The van der Waals surface area contributed by atoms with Crippen LogP contribution in [0, 0.1) is 5.41 Å². The summed E-state index contributed by atoms with van der Waals surface area (Å²) in [6.07, 6.45) is 2.41. The zero-order valence-corrected chi connectivity index (χ0v) is 10.0. The van der Waals surface area contributed by atoms with Crippen LogP contribution in [0.15, 0.2) is 18.2 Å². The van der Waals surface area contributed by atoms with Gasteiger partial charge >= 0.3 is 0 Å². The summed E-state index contributed by atoms with van der Waals surface area (Å²) in [5, 5.41) is 1.25. The molecule has 0 radical (unpaired) electrons. The predicted octanol–water partition coefficient (Wildman–Crippen LogP) is 3.91. The summed E-state index contributed by atoms with van der Waals surface area (Å²) in [5.74, 6) is 0.270. The molecule has 2 rings (SSSR count). The van der Waals surface area contributed by atoms with E-state index in [9.17, 15) is 4.79 Å². The predicted molar refractivity (Wildman–Crippen MR) is 62.5 cm³/mol. The number of rotatable bonds is 3. The number of Topliss-reactive ketones (excluding diaryl/α,β-unsaturated/α-hetero) is 1. The first-order valence-corrected chi connectivity index (χ1v) is 5.74. The Morgan fingerprint density at radius 2 is 2.07 bits per heavy atom. The van der Waals surface area contributed by atoms with Crippen molar-refractivity contribution in [2.45, 2.75) is 26.2 Å². The van der Waals surface area contributed by atoms with Gasteiger partial charge in [0.25, 0.3) is 0 Å². The van der Waals surface area contributed by atoms with Crippen LogP contribution < -0.4 is 0 Å². The number of benzene rings is 1. The average Bonchev–Trinajstić information content (AvgIpc) is 2.91. The standard InChI is InChI=1S/C12H12Cl2O/c1-12(4-5-12)11(15)7-8-6-9(13)2-3-10(8)14/h2-3,6H,4-5,7H2,1H3. The highest BCUT2D eigenvalue weighted by molar-refractivity contribution is 6.33. The van der Waals surface area contributed by atoms with Crippen molar-refractivity contribution in [3.8, 4) is 0 Å². The Labute approximate surface area is 99.4 Å². The molecule has 1 aliphatic rings. The lowest BCUT2D eigenvalue weighted by Crippen LogP contribution is -2.14. The number of hydrogen-bond donors (Lipinski definition) is 0. The SMILES string of the molecule is CC1(C(=O)Cc2cc(Cl)ccc2Cl)CC1. The van der Waals surface area contributed by atoms with Crippen LogP contribution in [0.1, 0.15) is 25.3 Å². The van der Waals surface area contributed by atoms with Gasteiger partial charge in [-0.25, -0.2) is 0 Å². The molecule has 0 atom stereocenters. The Hall–Kier alpha value is -0.530. The van der Waals surface area contributed by atoms with E-state index in [1.54, 1.807) is 18.2 Å². The van der Waals surface area contributed by atoms with Crippen molar-refractivity contribution in [2.24, 2.45) is 5.41 Å². The van der Waals surface area contributed by atoms with Crippen molar-refractivity contribution in [1.29, 1.82) is 0 Å². The fraction of sp³-hybridized carbons (Fsp3) is 0.417. The van der Waals surface area contributed by atoms with Crippen LogP contribution in [-0.2, 0) is 11.2 Å². The summed E-state index contributed by atoms with van der Waals surface area (Å²) >= 11 is 11.9. The number of halogens is 2. The number of ketones is 1. The maximum atomic E-state index is 11.9. The molecule has 1 saturated carbocycles. The normalized spacial score (nSPS) is 17.5. The molecule has 1 nitrogen and oxygen atoms in total. The summed E-state index contributed by atoms with van der Waals surface area (Å²) in [6.45, 7) is 2.01. The second-order valence-electron chi connectivity index (χ2n) is 4.40. The van der Waals surface area contributed by atoms with E-state index in [2.05, 4.69) is 0 Å². The first-order chi connectivity index (χ1) is 7.01. The van der Waals surface area contributed by atoms with Crippen molar-refractivity contribution in [1.82, 2.24) is 0 Å². The molecule has 15 heavy (non-hydrogen) atoms. The maximum Gasteiger partial charge on any atom is 0.143 e. The van der Waals surface area contributed by atoms with Crippen molar-refractivity contribution in [3.05, 3.63) is 33.8 Å². The third kappa shape index (κ3) is 2.35. The van der Waals surface area contributed by atoms with E-state index in [0.717, 1.165) is 18.4 Å². The molecule has 0 aromatic heterocycles. The molecule has 0 unspecified atom stereocenters. The van der Waals surface area contributed by atoms with Crippen LogP contribution in [0.4, 0.5) is 0 Å². The number of carbonyl (C=O) groups excluding carboxylic acids is 1. The van der Waals surface area contributed by atoms with Crippen LogP contribution in [-0.4, -0.2) is 5.78 Å². The number of carbonyl (C=O) groups is 1. The molecule has 0 saturated heterocycles. The van der Waals surface area contributed by atoms with Gasteiger partial charge < -0.3 is 0 Å². The molecule has 3 heteroatoms. The van der Waals surface area contributed by atoms with E-state index < -0.39 is 0 Å². The third-order valence-electron chi connectivity index (χ3n) is 3.03. The lowest BCUT2D eigenvalue weighted by Gasteiger charge is -2.08. The van der Waals surface area contributed by atoms with E-state index in [4.69, 9.17) is 23.2 Å². The Morgan fingerprint density at radius 1 is 1.40 bits per heavy atom. The first kappa shape index (κ1) is 11.0. The average molecular weight is 243 g/mol. The van der Waals surface area contributed by atoms with Crippen LogP contribution in [0.3, 0.4) is 0 Å². The van der Waals surface area contributed by atoms with Gasteiger partial charge in [0.05, 0.1) is 0 Å². The quantitative estimate of drug-likeness (QED) is 0.786. The maximum absolute atomic E-state index is 11.9. The highest BCUT2D eigenvalue weighted by Crippen LogP contribution is 2.46. The van der Waals surface area contributed by atoms with Gasteiger partial charge in [-0.1, -0.05) is 30.1 Å². The molecule has 0 aliphatic heterocycles. The van der Waals surface area contributed by atoms with Crippen molar-refractivity contribution >= 4 is 29.0 Å². The van der Waals surface area contributed by atoms with Crippen molar-refractivity contribution in [3.63, 3.8) is 0 Å². The first-order valence-electron chi connectivity index (χ1n) is 4.98. The third-order valence-corrected chi connectivity index (χ3v) is 3.64. The van der Waals surface area contributed by atoms with Crippen LogP contribution in [0.25, 0.3) is 0 Å². The fourth-order valence-corrected chi connectivity index (χ4v) is 1.91. The van der Waals surface area contributed by atoms with Crippen molar-refractivity contribution < 1.29 is 4.79 Å². The largest absolute Gasteiger partial charge is 0.299 e. The van der Waals surface area contributed by atoms with Gasteiger partial charge in [-0.15, -0.1) is 0 Å². The molecule has 80 valence electrons. The molecule has 1 fully saturated rings. The Morgan fingerprint density at radius 3 is 2.67 bits per heavy atom. The van der Waals surface area contributed by atoms with Gasteiger partial charge in [0, 0.05) is 21.9 Å². The highest BCUT2D eigenvalue weighted by atomic mass is 35.5. The lowest BCUT2D eigenvalue weighted by molar-refractivity contribution is -0.122. The minimum absolute atomic E-state index is 0.0916. The Kier molecular flexibility index (Phi) is 2.78. The van der Waals surface area contributed by atoms with E-state index >= 15 is 0 Å². The minimum Gasteiger partial charge on any atom is -0.299 e. The van der Waals surface area contributed by atoms with E-state index in [-0.39, 0.29) is 11.2 Å². The summed E-state index contributed by atoms with van der Waals surface area (Å²) in [5.41, 5.74) is 0.744. The molecule has 0 N–H and O–H groups in total. The molecule has 1 aromatic carbocycles. The monoisotopic (exact) mass is 242 g/mol. The van der Waals surface area contributed by atoms with Gasteiger partial charge in [-0.05, 0) is 36.6 Å². The number of hydrogen-bond acceptors (Lipinski definition) is 1. The molecule has 0 amide bonds. The smallest absolute Gasteiger partial charge is 0.143 e. The zero-order chi connectivity index (χ0) is 11.1. The van der Waals surface area contributed by atoms with Gasteiger partial charge in [-0.3, -0.25) is 4.79 Å². The fourth-order valence-electron chi connectivity index (χ4n) is 1.53. The molecule has 1 aromatic rings.